The van der Waals surface area contributed by atoms with Gasteiger partial charge in [-0.2, -0.15) is 0 Å². The minimum Gasteiger partial charge on any atom is -0.494 e. The molecule has 3 nitrogen and oxygen atoms in total. The van der Waals surface area contributed by atoms with E-state index in [9.17, 15) is 0 Å². The summed E-state index contributed by atoms with van der Waals surface area (Å²) in [6, 6.07) is 7.78. The Bertz CT molecular complexity index is 319. The minimum atomic E-state index is 0.700. The molecule has 0 atom stereocenters. The highest BCUT2D eigenvalue weighted by molar-refractivity contribution is 5.31. The van der Waals surface area contributed by atoms with Crippen molar-refractivity contribution in [1.29, 1.82) is 0 Å². The lowest BCUT2D eigenvalue weighted by atomic mass is 10.3. The summed E-state index contributed by atoms with van der Waals surface area (Å²) in [4.78, 5) is 0. The monoisotopic (exact) mass is 235 g/mol. The zero-order valence-electron chi connectivity index (χ0n) is 10.4. The molecule has 0 spiro atoms. The van der Waals surface area contributed by atoms with Crippen molar-refractivity contribution in [3.63, 3.8) is 0 Å². The maximum Gasteiger partial charge on any atom is 0.119 e. The first-order valence-electron chi connectivity index (χ1n) is 6.45. The Morgan fingerprint density at radius 2 is 1.76 bits per heavy atom. The number of nitrogens with one attached hydrogen (secondary N) is 1. The van der Waals surface area contributed by atoms with Crippen LogP contribution in [0.4, 0.5) is 0 Å². The number of hydrogen-bond donors (Lipinski definition) is 1. The van der Waals surface area contributed by atoms with Gasteiger partial charge in [-0.1, -0.05) is 0 Å². The fourth-order valence-corrected chi connectivity index (χ4v) is 1.67. The van der Waals surface area contributed by atoms with E-state index < -0.39 is 0 Å². The molecular weight excluding hydrogens is 214 g/mol. The average Bonchev–Trinajstić information content (AvgIpc) is 3.15. The molecule has 1 N–H and O–H groups in total. The van der Waals surface area contributed by atoms with Crippen LogP contribution in [0.5, 0.6) is 11.5 Å². The van der Waals surface area contributed by atoms with E-state index >= 15 is 0 Å². The number of hydrogen-bond acceptors (Lipinski definition) is 3. The van der Waals surface area contributed by atoms with E-state index in [2.05, 4.69) is 5.32 Å². The van der Waals surface area contributed by atoms with Gasteiger partial charge in [0.25, 0.3) is 0 Å². The van der Waals surface area contributed by atoms with Gasteiger partial charge >= 0.3 is 0 Å². The molecule has 0 aliphatic heterocycles. The summed E-state index contributed by atoms with van der Waals surface area (Å²) in [5.74, 6) is 2.73. The lowest BCUT2D eigenvalue weighted by Crippen LogP contribution is -2.23. The standard InChI is InChI=1S/C14H21NO2/c1-2-16-13-5-7-14(8-6-13)17-10-9-15-11-12-3-4-12/h5-8,12,15H,2-4,9-11H2,1H3. The van der Waals surface area contributed by atoms with Gasteiger partial charge in [-0.3, -0.25) is 0 Å². The van der Waals surface area contributed by atoms with Crippen LogP contribution in [0, 0.1) is 5.92 Å². The van der Waals surface area contributed by atoms with E-state index in [-0.39, 0.29) is 0 Å². The third-order valence-corrected chi connectivity index (χ3v) is 2.81. The second kappa shape index (κ2) is 6.50. The second-order valence-corrected chi connectivity index (χ2v) is 4.40. The third-order valence-electron chi connectivity index (χ3n) is 2.81. The van der Waals surface area contributed by atoms with Crippen LogP contribution in [0.15, 0.2) is 24.3 Å². The minimum absolute atomic E-state index is 0.700. The van der Waals surface area contributed by atoms with Crippen molar-refractivity contribution in [2.45, 2.75) is 19.8 Å². The smallest absolute Gasteiger partial charge is 0.119 e. The lowest BCUT2D eigenvalue weighted by Gasteiger charge is -2.08. The Morgan fingerprint density at radius 3 is 2.35 bits per heavy atom. The predicted octanol–water partition coefficient (Wildman–Crippen LogP) is 2.46. The summed E-state index contributed by atoms with van der Waals surface area (Å²) in [5, 5.41) is 3.40. The Balaban J connectivity index is 1.60. The first-order chi connectivity index (χ1) is 8.38. The molecule has 1 saturated carbocycles. The van der Waals surface area contributed by atoms with Gasteiger partial charge < -0.3 is 14.8 Å². The van der Waals surface area contributed by atoms with Crippen molar-refractivity contribution in [2.75, 3.05) is 26.3 Å². The van der Waals surface area contributed by atoms with Crippen LogP contribution in [0.1, 0.15) is 19.8 Å². The number of benzene rings is 1. The van der Waals surface area contributed by atoms with E-state index in [1.807, 2.05) is 31.2 Å². The predicted molar refractivity (Wildman–Crippen MR) is 68.7 cm³/mol. The lowest BCUT2D eigenvalue weighted by molar-refractivity contribution is 0.310. The maximum absolute atomic E-state index is 5.62. The molecule has 1 aromatic rings. The molecule has 1 aliphatic carbocycles. The quantitative estimate of drug-likeness (QED) is 0.702. The first-order valence-corrected chi connectivity index (χ1v) is 6.45. The molecule has 94 valence electrons. The molecule has 0 unspecified atom stereocenters. The van der Waals surface area contributed by atoms with E-state index in [1.165, 1.54) is 12.8 Å². The zero-order valence-corrected chi connectivity index (χ0v) is 10.4. The Morgan fingerprint density at radius 1 is 1.12 bits per heavy atom. The molecular formula is C14H21NO2. The molecule has 2 rings (SSSR count). The van der Waals surface area contributed by atoms with Gasteiger partial charge in [0, 0.05) is 6.54 Å². The average molecular weight is 235 g/mol. The van der Waals surface area contributed by atoms with Crippen LogP contribution in [-0.4, -0.2) is 26.3 Å². The molecule has 0 amide bonds. The zero-order chi connectivity index (χ0) is 11.9. The van der Waals surface area contributed by atoms with Gasteiger partial charge in [0.2, 0.25) is 0 Å². The maximum atomic E-state index is 5.62. The highest BCUT2D eigenvalue weighted by Gasteiger charge is 2.19. The van der Waals surface area contributed by atoms with Crippen molar-refractivity contribution in [3.8, 4) is 11.5 Å². The molecule has 1 fully saturated rings. The number of rotatable bonds is 8. The van der Waals surface area contributed by atoms with Crippen molar-refractivity contribution in [3.05, 3.63) is 24.3 Å². The second-order valence-electron chi connectivity index (χ2n) is 4.40. The van der Waals surface area contributed by atoms with Crippen molar-refractivity contribution < 1.29 is 9.47 Å². The van der Waals surface area contributed by atoms with Crippen LogP contribution in [0.25, 0.3) is 0 Å². The first kappa shape index (κ1) is 12.2. The molecule has 1 aliphatic rings. The van der Waals surface area contributed by atoms with E-state index in [0.29, 0.717) is 6.61 Å². The Hall–Kier alpha value is -1.22. The van der Waals surface area contributed by atoms with Gasteiger partial charge in [-0.05, 0) is 56.5 Å². The normalized spacial score (nSPS) is 14.6. The molecule has 0 radical (unpaired) electrons. The molecule has 0 bridgehead atoms. The van der Waals surface area contributed by atoms with Crippen molar-refractivity contribution in [2.24, 2.45) is 5.92 Å². The fourth-order valence-electron chi connectivity index (χ4n) is 1.67. The SMILES string of the molecule is CCOc1ccc(OCCNCC2CC2)cc1. The Labute approximate surface area is 103 Å². The van der Waals surface area contributed by atoms with E-state index in [4.69, 9.17) is 9.47 Å². The highest BCUT2D eigenvalue weighted by Crippen LogP contribution is 2.27. The largest absolute Gasteiger partial charge is 0.494 e. The molecule has 0 heterocycles. The van der Waals surface area contributed by atoms with Gasteiger partial charge in [-0.15, -0.1) is 0 Å². The molecule has 0 saturated heterocycles. The van der Waals surface area contributed by atoms with Crippen LogP contribution < -0.4 is 14.8 Å². The fraction of sp³-hybridized carbons (Fsp3) is 0.571. The molecule has 17 heavy (non-hydrogen) atoms. The summed E-state index contributed by atoms with van der Waals surface area (Å²) in [7, 11) is 0. The summed E-state index contributed by atoms with van der Waals surface area (Å²) in [6.07, 6.45) is 2.79. The van der Waals surface area contributed by atoms with E-state index in [1.54, 1.807) is 0 Å². The van der Waals surface area contributed by atoms with Gasteiger partial charge in [-0.25, -0.2) is 0 Å². The Kier molecular flexibility index (Phi) is 4.68. The summed E-state index contributed by atoms with van der Waals surface area (Å²) in [6.45, 7) is 5.47. The molecule has 0 aromatic heterocycles. The summed E-state index contributed by atoms with van der Waals surface area (Å²) >= 11 is 0. The van der Waals surface area contributed by atoms with Crippen LogP contribution >= 0.6 is 0 Å². The van der Waals surface area contributed by atoms with E-state index in [0.717, 1.165) is 37.1 Å². The van der Waals surface area contributed by atoms with Crippen LogP contribution in [-0.2, 0) is 0 Å². The molecule has 1 aromatic carbocycles. The summed E-state index contributed by atoms with van der Waals surface area (Å²) in [5.41, 5.74) is 0. The third kappa shape index (κ3) is 4.65. The van der Waals surface area contributed by atoms with Crippen molar-refractivity contribution >= 4 is 0 Å². The highest BCUT2D eigenvalue weighted by atomic mass is 16.5. The van der Waals surface area contributed by atoms with Crippen molar-refractivity contribution in [1.82, 2.24) is 5.32 Å². The summed E-state index contributed by atoms with van der Waals surface area (Å²) < 4.78 is 11.0. The van der Waals surface area contributed by atoms with Gasteiger partial charge in [0.05, 0.1) is 6.61 Å². The van der Waals surface area contributed by atoms with Crippen LogP contribution in [0.2, 0.25) is 0 Å². The number of ether oxygens (including phenoxy) is 2. The van der Waals surface area contributed by atoms with Gasteiger partial charge in [0.1, 0.15) is 18.1 Å². The van der Waals surface area contributed by atoms with Gasteiger partial charge in [0.15, 0.2) is 0 Å². The topological polar surface area (TPSA) is 30.5 Å². The van der Waals surface area contributed by atoms with Crippen LogP contribution in [0.3, 0.4) is 0 Å². The molecule has 3 heteroatoms.